The molecule has 92 valence electrons. The van der Waals surface area contributed by atoms with Gasteiger partial charge in [-0.2, -0.15) is 0 Å². The van der Waals surface area contributed by atoms with Crippen molar-refractivity contribution < 1.29 is 4.74 Å². The van der Waals surface area contributed by atoms with Gasteiger partial charge in [0, 0.05) is 20.1 Å². The predicted molar refractivity (Wildman–Crippen MR) is 68.2 cm³/mol. The SMILES string of the molecule is CCCOCCc1nc2nc(NC)ccc2[nH]1. The maximum Gasteiger partial charge on any atom is 0.179 e. The first kappa shape index (κ1) is 11.9. The fourth-order valence-corrected chi connectivity index (χ4v) is 1.62. The van der Waals surface area contributed by atoms with E-state index in [4.69, 9.17) is 4.74 Å². The summed E-state index contributed by atoms with van der Waals surface area (Å²) in [6.45, 7) is 3.61. The van der Waals surface area contributed by atoms with Crippen molar-refractivity contribution in [2.75, 3.05) is 25.6 Å². The molecule has 0 atom stereocenters. The third kappa shape index (κ3) is 2.94. The molecule has 0 aromatic carbocycles. The second-order valence-electron chi connectivity index (χ2n) is 3.86. The van der Waals surface area contributed by atoms with Gasteiger partial charge in [-0.25, -0.2) is 9.97 Å². The summed E-state index contributed by atoms with van der Waals surface area (Å²) in [4.78, 5) is 12.0. The Morgan fingerprint density at radius 1 is 1.29 bits per heavy atom. The highest BCUT2D eigenvalue weighted by Crippen LogP contribution is 2.12. The average Bonchev–Trinajstić information content (AvgIpc) is 2.76. The van der Waals surface area contributed by atoms with Gasteiger partial charge < -0.3 is 15.0 Å². The van der Waals surface area contributed by atoms with Gasteiger partial charge in [0.05, 0.1) is 12.1 Å². The Kier molecular flexibility index (Phi) is 3.93. The third-order valence-corrected chi connectivity index (χ3v) is 2.48. The van der Waals surface area contributed by atoms with Crippen LogP contribution >= 0.6 is 0 Å². The monoisotopic (exact) mass is 234 g/mol. The van der Waals surface area contributed by atoms with Crippen LogP contribution in [0.25, 0.3) is 11.2 Å². The molecule has 0 saturated carbocycles. The molecule has 0 amide bonds. The molecule has 2 heterocycles. The molecule has 0 unspecified atom stereocenters. The minimum atomic E-state index is 0.701. The molecular weight excluding hydrogens is 216 g/mol. The Labute approximate surface area is 101 Å². The molecule has 2 aromatic rings. The van der Waals surface area contributed by atoms with Crippen molar-refractivity contribution >= 4 is 17.0 Å². The molecule has 0 aliphatic rings. The van der Waals surface area contributed by atoms with E-state index in [-0.39, 0.29) is 0 Å². The van der Waals surface area contributed by atoms with E-state index in [9.17, 15) is 0 Å². The summed E-state index contributed by atoms with van der Waals surface area (Å²) in [5.41, 5.74) is 1.72. The maximum atomic E-state index is 5.43. The zero-order valence-electron chi connectivity index (χ0n) is 10.3. The summed E-state index contributed by atoms with van der Waals surface area (Å²) in [5.74, 6) is 1.76. The molecule has 0 aliphatic heterocycles. The summed E-state index contributed by atoms with van der Waals surface area (Å²) in [5, 5.41) is 3.00. The fourth-order valence-electron chi connectivity index (χ4n) is 1.62. The van der Waals surface area contributed by atoms with Crippen LogP contribution in [-0.4, -0.2) is 35.2 Å². The van der Waals surface area contributed by atoms with Crippen LogP contribution in [0.5, 0.6) is 0 Å². The highest BCUT2D eigenvalue weighted by atomic mass is 16.5. The molecule has 0 spiro atoms. The molecular formula is C12H18N4O. The first-order valence-electron chi connectivity index (χ1n) is 5.94. The lowest BCUT2D eigenvalue weighted by Crippen LogP contribution is -2.00. The van der Waals surface area contributed by atoms with Gasteiger partial charge in [-0.3, -0.25) is 0 Å². The van der Waals surface area contributed by atoms with Crippen LogP contribution in [0.2, 0.25) is 0 Å². The van der Waals surface area contributed by atoms with Crippen molar-refractivity contribution in [2.24, 2.45) is 0 Å². The van der Waals surface area contributed by atoms with Crippen molar-refractivity contribution in [1.82, 2.24) is 15.0 Å². The number of imidazole rings is 1. The molecule has 0 saturated heterocycles. The average molecular weight is 234 g/mol. The number of nitrogens with one attached hydrogen (secondary N) is 2. The number of nitrogens with zero attached hydrogens (tertiary/aromatic N) is 2. The van der Waals surface area contributed by atoms with E-state index in [2.05, 4.69) is 27.2 Å². The molecule has 5 nitrogen and oxygen atoms in total. The smallest absolute Gasteiger partial charge is 0.179 e. The number of hydrogen-bond acceptors (Lipinski definition) is 4. The van der Waals surface area contributed by atoms with Gasteiger partial charge in [-0.15, -0.1) is 0 Å². The van der Waals surface area contributed by atoms with Crippen LogP contribution in [0, 0.1) is 0 Å². The van der Waals surface area contributed by atoms with E-state index < -0.39 is 0 Å². The van der Waals surface area contributed by atoms with Crippen molar-refractivity contribution in [3.8, 4) is 0 Å². The van der Waals surface area contributed by atoms with Gasteiger partial charge in [0.2, 0.25) is 0 Å². The van der Waals surface area contributed by atoms with Gasteiger partial charge >= 0.3 is 0 Å². The number of anilines is 1. The van der Waals surface area contributed by atoms with E-state index >= 15 is 0 Å². The second kappa shape index (κ2) is 5.63. The lowest BCUT2D eigenvalue weighted by molar-refractivity contribution is 0.137. The molecule has 17 heavy (non-hydrogen) atoms. The molecule has 2 rings (SSSR count). The number of fused-ring (bicyclic) bond motifs is 1. The van der Waals surface area contributed by atoms with Crippen molar-refractivity contribution in [3.63, 3.8) is 0 Å². The first-order valence-corrected chi connectivity index (χ1v) is 5.94. The highest BCUT2D eigenvalue weighted by molar-refractivity contribution is 5.72. The van der Waals surface area contributed by atoms with Gasteiger partial charge in [0.15, 0.2) is 5.65 Å². The van der Waals surface area contributed by atoms with Crippen molar-refractivity contribution in [2.45, 2.75) is 19.8 Å². The largest absolute Gasteiger partial charge is 0.381 e. The predicted octanol–water partition coefficient (Wildman–Crippen LogP) is 1.97. The van der Waals surface area contributed by atoms with Crippen LogP contribution in [0.3, 0.4) is 0 Å². The van der Waals surface area contributed by atoms with E-state index in [0.29, 0.717) is 6.61 Å². The molecule has 5 heteroatoms. The number of hydrogen-bond donors (Lipinski definition) is 2. The Balaban J connectivity index is 2.04. The standard InChI is InChI=1S/C12H18N4O/c1-3-7-17-8-6-11-14-9-4-5-10(13-2)15-12(9)16-11/h4-5H,3,6-8H2,1-2H3,(H2,13,14,15,16). The summed E-state index contributed by atoms with van der Waals surface area (Å²) >= 11 is 0. The zero-order chi connectivity index (χ0) is 12.1. The number of ether oxygens (including phenoxy) is 1. The van der Waals surface area contributed by atoms with Gasteiger partial charge in [-0.05, 0) is 18.6 Å². The number of pyridine rings is 1. The summed E-state index contributed by atoms with van der Waals surface area (Å²) < 4.78 is 5.43. The molecule has 0 radical (unpaired) electrons. The lowest BCUT2D eigenvalue weighted by Gasteiger charge is -1.98. The number of H-pyrrole nitrogens is 1. The van der Waals surface area contributed by atoms with E-state index in [1.54, 1.807) is 0 Å². The topological polar surface area (TPSA) is 62.8 Å². The Morgan fingerprint density at radius 2 is 2.18 bits per heavy atom. The number of rotatable bonds is 6. The Hall–Kier alpha value is -1.62. The van der Waals surface area contributed by atoms with E-state index in [0.717, 1.165) is 42.3 Å². The molecule has 0 bridgehead atoms. The zero-order valence-corrected chi connectivity index (χ0v) is 10.3. The Morgan fingerprint density at radius 3 is 2.94 bits per heavy atom. The summed E-state index contributed by atoms with van der Waals surface area (Å²) in [6, 6.07) is 3.91. The quantitative estimate of drug-likeness (QED) is 0.750. The minimum absolute atomic E-state index is 0.701. The van der Waals surface area contributed by atoms with Crippen LogP contribution in [0.1, 0.15) is 19.2 Å². The summed E-state index contributed by atoms with van der Waals surface area (Å²) in [6.07, 6.45) is 1.85. The minimum Gasteiger partial charge on any atom is -0.381 e. The highest BCUT2D eigenvalue weighted by Gasteiger charge is 2.04. The van der Waals surface area contributed by atoms with Gasteiger partial charge in [-0.1, -0.05) is 6.92 Å². The molecule has 0 aliphatic carbocycles. The fraction of sp³-hybridized carbons (Fsp3) is 0.500. The van der Waals surface area contributed by atoms with Crippen molar-refractivity contribution in [1.29, 1.82) is 0 Å². The molecule has 2 aromatic heterocycles. The van der Waals surface area contributed by atoms with Crippen LogP contribution in [-0.2, 0) is 11.2 Å². The summed E-state index contributed by atoms with van der Waals surface area (Å²) in [7, 11) is 1.85. The van der Waals surface area contributed by atoms with Crippen LogP contribution in [0.15, 0.2) is 12.1 Å². The lowest BCUT2D eigenvalue weighted by atomic mass is 10.4. The number of aromatic nitrogens is 3. The second-order valence-corrected chi connectivity index (χ2v) is 3.86. The van der Waals surface area contributed by atoms with Crippen LogP contribution < -0.4 is 5.32 Å². The van der Waals surface area contributed by atoms with Gasteiger partial charge in [0.25, 0.3) is 0 Å². The normalized spacial score (nSPS) is 10.9. The van der Waals surface area contributed by atoms with Crippen LogP contribution in [0.4, 0.5) is 5.82 Å². The van der Waals surface area contributed by atoms with E-state index in [1.165, 1.54) is 0 Å². The molecule has 2 N–H and O–H groups in total. The van der Waals surface area contributed by atoms with Crippen molar-refractivity contribution in [3.05, 3.63) is 18.0 Å². The van der Waals surface area contributed by atoms with E-state index in [1.807, 2.05) is 19.2 Å². The molecule has 0 fully saturated rings. The van der Waals surface area contributed by atoms with Gasteiger partial charge in [0.1, 0.15) is 11.6 Å². The first-order chi connectivity index (χ1) is 8.33. The maximum absolute atomic E-state index is 5.43. The Bertz CT molecular complexity index is 480. The number of aromatic amines is 1. The third-order valence-electron chi connectivity index (χ3n) is 2.48.